The van der Waals surface area contributed by atoms with Crippen molar-refractivity contribution in [1.29, 1.82) is 0 Å². The van der Waals surface area contributed by atoms with Crippen molar-refractivity contribution in [2.75, 3.05) is 26.2 Å². The standard InChI is InChI=1S/C26H24N4O2S/c31-24-17-29(15-21-13-19-5-1-2-9-23(19)33-21)26(32)22-16-28(11-12-30(22)24)14-20-7-3-6-18-8-4-10-27-25(18)20/h1-10,13,22H,11-12,14-17H2. The highest BCUT2D eigenvalue weighted by Crippen LogP contribution is 2.28. The first-order chi connectivity index (χ1) is 16.2. The molecule has 0 saturated carbocycles. The van der Waals surface area contributed by atoms with Gasteiger partial charge in [-0.3, -0.25) is 19.5 Å². The highest BCUT2D eigenvalue weighted by molar-refractivity contribution is 7.19. The molecule has 2 aromatic heterocycles. The maximum Gasteiger partial charge on any atom is 0.247 e. The number of nitrogens with zero attached hydrogens (tertiary/aromatic N) is 4. The molecule has 0 bridgehead atoms. The van der Waals surface area contributed by atoms with Crippen LogP contribution >= 0.6 is 11.3 Å². The number of hydrogen-bond donors (Lipinski definition) is 0. The molecule has 1 atom stereocenters. The summed E-state index contributed by atoms with van der Waals surface area (Å²) in [7, 11) is 0. The van der Waals surface area contributed by atoms with Gasteiger partial charge in [0.2, 0.25) is 11.8 Å². The smallest absolute Gasteiger partial charge is 0.247 e. The Hall–Kier alpha value is -3.29. The van der Waals surface area contributed by atoms with E-state index in [1.807, 2.05) is 24.4 Å². The Bertz CT molecular complexity index is 1330. The predicted molar refractivity (Wildman–Crippen MR) is 130 cm³/mol. The minimum absolute atomic E-state index is 0.0483. The zero-order valence-corrected chi connectivity index (χ0v) is 19.0. The SMILES string of the molecule is O=C1C2CN(Cc3cccc4cccnc34)CCN2C(=O)CN1Cc1cc2ccccc2s1. The molecule has 4 aromatic rings. The molecule has 0 spiro atoms. The van der Waals surface area contributed by atoms with Crippen molar-refractivity contribution in [2.45, 2.75) is 19.1 Å². The van der Waals surface area contributed by atoms with Gasteiger partial charge in [0.25, 0.3) is 0 Å². The maximum absolute atomic E-state index is 13.4. The van der Waals surface area contributed by atoms with Gasteiger partial charge in [0, 0.05) is 47.3 Å². The molecule has 2 aliphatic heterocycles. The second-order valence-electron chi connectivity index (χ2n) is 8.78. The molecule has 7 heteroatoms. The van der Waals surface area contributed by atoms with Crippen LogP contribution in [0.15, 0.2) is 66.9 Å². The first kappa shape index (κ1) is 20.3. The van der Waals surface area contributed by atoms with Gasteiger partial charge in [0.1, 0.15) is 12.6 Å². The van der Waals surface area contributed by atoms with Crippen LogP contribution in [-0.4, -0.2) is 63.7 Å². The van der Waals surface area contributed by atoms with Crippen LogP contribution in [0.1, 0.15) is 10.4 Å². The quantitative estimate of drug-likeness (QED) is 0.472. The topological polar surface area (TPSA) is 56.8 Å². The number of rotatable bonds is 4. The summed E-state index contributed by atoms with van der Waals surface area (Å²) in [6.07, 6.45) is 1.82. The number of aromatic nitrogens is 1. The van der Waals surface area contributed by atoms with Crippen LogP contribution in [0.25, 0.3) is 21.0 Å². The van der Waals surface area contributed by atoms with E-state index in [-0.39, 0.29) is 18.4 Å². The number of hydrogen-bond acceptors (Lipinski definition) is 5. The molecule has 2 saturated heterocycles. The van der Waals surface area contributed by atoms with Gasteiger partial charge in [-0.1, -0.05) is 42.5 Å². The predicted octanol–water partition coefficient (Wildman–Crippen LogP) is 3.50. The summed E-state index contributed by atoms with van der Waals surface area (Å²) >= 11 is 1.69. The third-order valence-electron chi connectivity index (χ3n) is 6.64. The van der Waals surface area contributed by atoms with Gasteiger partial charge in [-0.15, -0.1) is 11.3 Å². The zero-order valence-electron chi connectivity index (χ0n) is 18.2. The lowest BCUT2D eigenvalue weighted by molar-refractivity contribution is -0.160. The highest BCUT2D eigenvalue weighted by atomic mass is 32.1. The molecule has 6 nitrogen and oxygen atoms in total. The Morgan fingerprint density at radius 2 is 1.79 bits per heavy atom. The molecular formula is C26H24N4O2S. The summed E-state index contributed by atoms with van der Waals surface area (Å²) in [5.41, 5.74) is 2.15. The summed E-state index contributed by atoms with van der Waals surface area (Å²) in [6, 6.07) is 20.2. The summed E-state index contributed by atoms with van der Waals surface area (Å²) in [4.78, 5) is 37.8. The number of fused-ring (bicyclic) bond motifs is 3. The van der Waals surface area contributed by atoms with Crippen LogP contribution in [0.5, 0.6) is 0 Å². The van der Waals surface area contributed by atoms with Crippen LogP contribution in [0.3, 0.4) is 0 Å². The number of thiophene rings is 1. The minimum Gasteiger partial charge on any atom is -0.327 e. The molecule has 2 aromatic carbocycles. The van der Waals surface area contributed by atoms with Crippen molar-refractivity contribution in [3.8, 4) is 0 Å². The molecule has 4 heterocycles. The lowest BCUT2D eigenvalue weighted by Crippen LogP contribution is -2.66. The molecule has 6 rings (SSSR count). The van der Waals surface area contributed by atoms with E-state index in [0.717, 1.165) is 34.4 Å². The van der Waals surface area contributed by atoms with Crippen LogP contribution in [0, 0.1) is 0 Å². The first-order valence-electron chi connectivity index (χ1n) is 11.3. The van der Waals surface area contributed by atoms with Crippen molar-refractivity contribution >= 4 is 44.1 Å². The van der Waals surface area contributed by atoms with Gasteiger partial charge in [-0.05, 0) is 29.1 Å². The zero-order chi connectivity index (χ0) is 22.4. The Labute approximate surface area is 196 Å². The van der Waals surface area contributed by atoms with Crippen molar-refractivity contribution < 1.29 is 9.59 Å². The van der Waals surface area contributed by atoms with Gasteiger partial charge in [0.15, 0.2) is 0 Å². The molecule has 166 valence electrons. The van der Waals surface area contributed by atoms with E-state index in [2.05, 4.69) is 52.3 Å². The third kappa shape index (κ3) is 3.77. The van der Waals surface area contributed by atoms with E-state index >= 15 is 0 Å². The van der Waals surface area contributed by atoms with E-state index in [1.54, 1.807) is 21.1 Å². The van der Waals surface area contributed by atoms with Crippen LogP contribution in [0.2, 0.25) is 0 Å². The molecule has 0 aliphatic carbocycles. The Morgan fingerprint density at radius 3 is 2.70 bits per heavy atom. The Morgan fingerprint density at radius 1 is 0.939 bits per heavy atom. The van der Waals surface area contributed by atoms with Gasteiger partial charge >= 0.3 is 0 Å². The lowest BCUT2D eigenvalue weighted by Gasteiger charge is -2.46. The summed E-state index contributed by atoms with van der Waals surface area (Å²) in [6.45, 7) is 3.27. The minimum atomic E-state index is -0.419. The fourth-order valence-corrected chi connectivity index (χ4v) is 6.09. The summed E-state index contributed by atoms with van der Waals surface area (Å²) in [5, 5.41) is 2.30. The number of pyridine rings is 1. The van der Waals surface area contributed by atoms with Crippen molar-refractivity contribution in [3.05, 3.63) is 77.3 Å². The maximum atomic E-state index is 13.4. The van der Waals surface area contributed by atoms with Gasteiger partial charge in [0.05, 0.1) is 12.1 Å². The molecule has 0 radical (unpaired) electrons. The molecular weight excluding hydrogens is 432 g/mol. The number of benzene rings is 2. The summed E-state index contributed by atoms with van der Waals surface area (Å²) < 4.78 is 1.21. The van der Waals surface area contributed by atoms with Gasteiger partial charge in [-0.2, -0.15) is 0 Å². The first-order valence-corrected chi connectivity index (χ1v) is 12.1. The highest BCUT2D eigenvalue weighted by Gasteiger charge is 2.42. The normalized spacial score (nSPS) is 19.5. The number of para-hydroxylation sites is 1. The Balaban J connectivity index is 1.20. The van der Waals surface area contributed by atoms with Crippen LogP contribution < -0.4 is 0 Å². The van der Waals surface area contributed by atoms with E-state index < -0.39 is 6.04 Å². The number of piperazine rings is 2. The third-order valence-corrected chi connectivity index (χ3v) is 7.74. The van der Waals surface area contributed by atoms with Crippen molar-refractivity contribution in [1.82, 2.24) is 19.7 Å². The monoisotopic (exact) mass is 456 g/mol. The fraction of sp³-hybridized carbons (Fsp3) is 0.269. The van der Waals surface area contributed by atoms with E-state index in [0.29, 0.717) is 19.6 Å². The fourth-order valence-electron chi connectivity index (χ4n) is 5.01. The molecule has 2 amide bonds. The Kier molecular flexibility index (Phi) is 5.08. The van der Waals surface area contributed by atoms with E-state index in [9.17, 15) is 9.59 Å². The number of amides is 2. The number of carbonyl (C=O) groups excluding carboxylic acids is 2. The van der Waals surface area contributed by atoms with Crippen molar-refractivity contribution in [2.24, 2.45) is 0 Å². The van der Waals surface area contributed by atoms with E-state index in [4.69, 9.17) is 0 Å². The molecule has 33 heavy (non-hydrogen) atoms. The average Bonchev–Trinajstić information content (AvgIpc) is 3.25. The molecule has 0 N–H and O–H groups in total. The largest absolute Gasteiger partial charge is 0.327 e. The summed E-state index contributed by atoms with van der Waals surface area (Å²) in [5.74, 6) is 0.0972. The van der Waals surface area contributed by atoms with Gasteiger partial charge < -0.3 is 9.80 Å². The van der Waals surface area contributed by atoms with Crippen LogP contribution in [0.4, 0.5) is 0 Å². The van der Waals surface area contributed by atoms with Crippen LogP contribution in [-0.2, 0) is 22.7 Å². The lowest BCUT2D eigenvalue weighted by atomic mass is 10.0. The molecule has 1 unspecified atom stereocenters. The molecule has 2 aliphatic rings. The van der Waals surface area contributed by atoms with Gasteiger partial charge in [-0.25, -0.2) is 0 Å². The second kappa shape index (κ2) is 8.24. The number of carbonyl (C=O) groups is 2. The second-order valence-corrected chi connectivity index (χ2v) is 9.94. The molecule has 2 fully saturated rings. The average molecular weight is 457 g/mol. The van der Waals surface area contributed by atoms with Crippen molar-refractivity contribution in [3.63, 3.8) is 0 Å². The van der Waals surface area contributed by atoms with E-state index in [1.165, 1.54) is 10.1 Å².